The van der Waals surface area contributed by atoms with Crippen molar-refractivity contribution in [3.05, 3.63) is 58.3 Å². The fourth-order valence-corrected chi connectivity index (χ4v) is 4.56. The van der Waals surface area contributed by atoms with Gasteiger partial charge in [0.05, 0.1) is 12.0 Å². The Hall–Kier alpha value is -2.66. The molecule has 0 saturated heterocycles. The van der Waals surface area contributed by atoms with Gasteiger partial charge in [-0.2, -0.15) is 0 Å². The first-order valence-corrected chi connectivity index (χ1v) is 10.8. The van der Waals surface area contributed by atoms with Crippen LogP contribution < -0.4 is 0 Å². The first-order valence-electron chi connectivity index (χ1n) is 10.2. The second-order valence-electron chi connectivity index (χ2n) is 7.67. The van der Waals surface area contributed by atoms with E-state index in [9.17, 15) is 19.5 Å². The maximum atomic E-state index is 13.7. The molecule has 5 nitrogen and oxygen atoms in total. The summed E-state index contributed by atoms with van der Waals surface area (Å²) in [5.74, 6) is -1.08. The van der Waals surface area contributed by atoms with Crippen molar-refractivity contribution in [3.63, 3.8) is 0 Å². The van der Waals surface area contributed by atoms with Gasteiger partial charge in [-0.25, -0.2) is 0 Å². The largest absolute Gasteiger partial charge is 0.481 e. The van der Waals surface area contributed by atoms with E-state index in [0.717, 1.165) is 29.5 Å². The number of carboxylic acids is 1. The third-order valence-corrected chi connectivity index (χ3v) is 5.73. The fraction of sp³-hybridized carbons (Fsp3) is 0.375. The number of aryl methyl sites for hydroxylation is 2. The molecule has 0 unspecified atom stereocenters. The van der Waals surface area contributed by atoms with Gasteiger partial charge in [0.2, 0.25) is 0 Å². The predicted molar refractivity (Wildman–Crippen MR) is 119 cm³/mol. The van der Waals surface area contributed by atoms with Gasteiger partial charge in [0.15, 0.2) is 12.1 Å². The lowest BCUT2D eigenvalue weighted by Crippen LogP contribution is -2.20. The summed E-state index contributed by atoms with van der Waals surface area (Å²) in [5.41, 5.74) is 3.90. The number of aliphatic carboxylic acids is 1. The van der Waals surface area contributed by atoms with Crippen LogP contribution in [0.2, 0.25) is 0 Å². The molecule has 0 saturated carbocycles. The number of aldehydes is 1. The first kappa shape index (κ1) is 22.0. The number of halogens is 1. The van der Waals surface area contributed by atoms with Crippen LogP contribution >= 0.6 is 11.6 Å². The highest BCUT2D eigenvalue weighted by Crippen LogP contribution is 2.41. The number of rotatable bonds is 8. The van der Waals surface area contributed by atoms with Crippen LogP contribution in [0, 0.1) is 6.92 Å². The Bertz CT molecular complexity index is 1060. The molecule has 0 radical (unpaired) electrons. The van der Waals surface area contributed by atoms with E-state index in [1.807, 2.05) is 26.0 Å². The summed E-state index contributed by atoms with van der Waals surface area (Å²) in [5, 5.41) is 10.1. The summed E-state index contributed by atoms with van der Waals surface area (Å²) in [6, 6.07) is 3.76. The summed E-state index contributed by atoms with van der Waals surface area (Å²) in [6.07, 6.45) is 8.19. The van der Waals surface area contributed by atoms with E-state index < -0.39 is 5.97 Å². The quantitative estimate of drug-likeness (QED) is 0.200. The number of ketones is 1. The fourth-order valence-electron chi connectivity index (χ4n) is 4.48. The smallest absolute Gasteiger partial charge is 0.304 e. The maximum Gasteiger partial charge on any atom is 0.304 e. The molecule has 2 heterocycles. The molecular weight excluding hydrogens is 402 g/mol. The number of alkyl halides is 1. The third-order valence-electron chi connectivity index (χ3n) is 5.55. The normalized spacial score (nSPS) is 16.8. The van der Waals surface area contributed by atoms with Crippen molar-refractivity contribution >= 4 is 40.5 Å². The van der Waals surface area contributed by atoms with Gasteiger partial charge in [0, 0.05) is 46.1 Å². The van der Waals surface area contributed by atoms with Gasteiger partial charge in [0.1, 0.15) is 0 Å². The van der Waals surface area contributed by atoms with E-state index in [0.29, 0.717) is 41.5 Å². The molecule has 3 rings (SSSR count). The number of aromatic nitrogens is 1. The Morgan fingerprint density at radius 1 is 1.33 bits per heavy atom. The van der Waals surface area contributed by atoms with Gasteiger partial charge in [-0.05, 0) is 43.9 Å². The summed E-state index contributed by atoms with van der Waals surface area (Å²) >= 11 is 5.79. The lowest BCUT2D eigenvalue weighted by Gasteiger charge is -2.25. The molecule has 0 aliphatic carbocycles. The molecular formula is C24H26ClNO4. The first-order chi connectivity index (χ1) is 14.4. The molecule has 1 N–H and O–H groups in total. The molecule has 0 amide bonds. The molecule has 1 aliphatic heterocycles. The van der Waals surface area contributed by atoms with Gasteiger partial charge in [-0.15, -0.1) is 11.6 Å². The van der Waals surface area contributed by atoms with Crippen LogP contribution in [-0.4, -0.2) is 33.6 Å². The SMILES string of the molecule is CC/C=C(\C=C/CCl)C(=O)c1c2n(c3cc(C)cc(C=O)c13)CCC[C@@H]2CC(=O)O. The number of Topliss-reactive ketones (excluding diaryl/α,β-unsaturated/α-hetero) is 1. The van der Waals surface area contributed by atoms with Gasteiger partial charge < -0.3 is 9.67 Å². The zero-order valence-electron chi connectivity index (χ0n) is 17.3. The van der Waals surface area contributed by atoms with Crippen molar-refractivity contribution in [2.75, 3.05) is 5.88 Å². The van der Waals surface area contributed by atoms with E-state index in [-0.39, 0.29) is 24.0 Å². The molecule has 0 bridgehead atoms. The zero-order valence-corrected chi connectivity index (χ0v) is 18.0. The maximum absolute atomic E-state index is 13.7. The average Bonchev–Trinajstić information content (AvgIpc) is 3.05. The van der Waals surface area contributed by atoms with Crippen LogP contribution in [0.5, 0.6) is 0 Å². The van der Waals surface area contributed by atoms with Gasteiger partial charge in [0.25, 0.3) is 0 Å². The second-order valence-corrected chi connectivity index (χ2v) is 7.98. The molecule has 2 aromatic rings. The van der Waals surface area contributed by atoms with Crippen molar-refractivity contribution in [2.24, 2.45) is 0 Å². The molecule has 158 valence electrons. The molecule has 1 aromatic heterocycles. The molecule has 30 heavy (non-hydrogen) atoms. The average molecular weight is 428 g/mol. The van der Waals surface area contributed by atoms with E-state index in [4.69, 9.17) is 11.6 Å². The van der Waals surface area contributed by atoms with Crippen LogP contribution in [0.3, 0.4) is 0 Å². The zero-order chi connectivity index (χ0) is 21.8. The highest BCUT2D eigenvalue weighted by molar-refractivity contribution is 6.22. The molecule has 6 heteroatoms. The number of benzene rings is 1. The molecule has 0 spiro atoms. The van der Waals surface area contributed by atoms with Crippen LogP contribution in [0.25, 0.3) is 10.9 Å². The van der Waals surface area contributed by atoms with Gasteiger partial charge >= 0.3 is 5.97 Å². The summed E-state index contributed by atoms with van der Waals surface area (Å²) in [7, 11) is 0. The Balaban J connectivity index is 2.37. The highest BCUT2D eigenvalue weighted by Gasteiger charge is 2.33. The van der Waals surface area contributed by atoms with Crippen molar-refractivity contribution in [3.8, 4) is 0 Å². The van der Waals surface area contributed by atoms with Gasteiger partial charge in [-0.3, -0.25) is 14.4 Å². The van der Waals surface area contributed by atoms with Crippen LogP contribution in [0.1, 0.15) is 70.5 Å². The van der Waals surface area contributed by atoms with Crippen molar-refractivity contribution < 1.29 is 19.5 Å². The number of nitrogens with zero attached hydrogens (tertiary/aromatic N) is 1. The number of fused-ring (bicyclic) bond motifs is 3. The number of carboxylic acid groups (broad SMARTS) is 1. The second kappa shape index (κ2) is 9.43. The van der Waals surface area contributed by atoms with E-state index in [1.54, 1.807) is 18.2 Å². The molecule has 1 aliphatic rings. The minimum Gasteiger partial charge on any atom is -0.481 e. The minimum atomic E-state index is -0.893. The monoisotopic (exact) mass is 427 g/mol. The number of hydrogen-bond donors (Lipinski definition) is 1. The molecule has 1 aromatic carbocycles. The number of carbonyl (C=O) groups is 3. The summed E-state index contributed by atoms with van der Waals surface area (Å²) in [4.78, 5) is 37.2. The number of allylic oxidation sites excluding steroid dienone is 4. The Labute approximate surface area is 181 Å². The summed E-state index contributed by atoms with van der Waals surface area (Å²) in [6.45, 7) is 4.56. The summed E-state index contributed by atoms with van der Waals surface area (Å²) < 4.78 is 2.05. The van der Waals surface area contributed by atoms with Crippen LogP contribution in [0.4, 0.5) is 0 Å². The van der Waals surface area contributed by atoms with E-state index >= 15 is 0 Å². The number of carbonyl (C=O) groups excluding carboxylic acids is 2. The Morgan fingerprint density at radius 2 is 2.10 bits per heavy atom. The minimum absolute atomic E-state index is 0.0453. The standard InChI is InChI=1S/C24H26ClNO4/c1-3-6-16(7-4-9-25)24(30)22-21-18(14-27)11-15(2)12-19(21)26-10-5-8-17(23(22)26)13-20(28)29/h4,6-7,11-12,14,17H,3,5,8-10,13H2,1-2H3,(H,28,29)/b7-4-,16-6+/t17-/m1/s1. The van der Waals surface area contributed by atoms with Crippen molar-refractivity contribution in [2.45, 2.75) is 52.0 Å². The van der Waals surface area contributed by atoms with E-state index in [1.165, 1.54) is 0 Å². The lowest BCUT2D eigenvalue weighted by atomic mass is 9.87. The van der Waals surface area contributed by atoms with Gasteiger partial charge in [-0.1, -0.05) is 25.2 Å². The predicted octanol–water partition coefficient (Wildman–Crippen LogP) is 5.43. The molecule has 0 fully saturated rings. The van der Waals surface area contributed by atoms with E-state index in [2.05, 4.69) is 4.57 Å². The van der Waals surface area contributed by atoms with Crippen molar-refractivity contribution in [1.29, 1.82) is 0 Å². The topological polar surface area (TPSA) is 76.4 Å². The highest BCUT2D eigenvalue weighted by atomic mass is 35.5. The third kappa shape index (κ3) is 4.12. The van der Waals surface area contributed by atoms with Crippen LogP contribution in [-0.2, 0) is 11.3 Å². The Morgan fingerprint density at radius 3 is 2.73 bits per heavy atom. The van der Waals surface area contributed by atoms with Crippen LogP contribution in [0.15, 0.2) is 35.9 Å². The lowest BCUT2D eigenvalue weighted by molar-refractivity contribution is -0.137. The Kier molecular flexibility index (Phi) is 6.93. The number of hydrogen-bond acceptors (Lipinski definition) is 3. The molecule has 1 atom stereocenters. The van der Waals surface area contributed by atoms with Crippen molar-refractivity contribution in [1.82, 2.24) is 4.57 Å².